The topological polar surface area (TPSA) is 65.1 Å². The van der Waals surface area contributed by atoms with Crippen LogP contribution in [0.3, 0.4) is 0 Å². The number of nitrogens with zero attached hydrogens (tertiary/aromatic N) is 1. The SMILES string of the molecule is COc1cc(C)ccc1OCC(=O)OCC(=O)C=C1N(C)c2ccccc2C1(C)C. The molecule has 30 heavy (non-hydrogen) atoms. The lowest BCUT2D eigenvalue weighted by Crippen LogP contribution is -2.25. The molecule has 158 valence electrons. The molecule has 0 aromatic heterocycles. The number of likely N-dealkylation sites (N-methyl/N-ethyl adjacent to an activating group) is 1. The van der Waals surface area contributed by atoms with Crippen molar-refractivity contribution in [2.24, 2.45) is 0 Å². The lowest BCUT2D eigenvalue weighted by atomic mass is 9.83. The molecule has 0 bridgehead atoms. The summed E-state index contributed by atoms with van der Waals surface area (Å²) < 4.78 is 15.8. The molecule has 6 heteroatoms. The zero-order valence-corrected chi connectivity index (χ0v) is 18.0. The summed E-state index contributed by atoms with van der Waals surface area (Å²) in [5, 5.41) is 0. The Morgan fingerprint density at radius 2 is 1.80 bits per heavy atom. The first-order valence-corrected chi connectivity index (χ1v) is 9.75. The second kappa shape index (κ2) is 8.61. The van der Waals surface area contributed by atoms with Gasteiger partial charge >= 0.3 is 5.97 Å². The van der Waals surface area contributed by atoms with Gasteiger partial charge in [0.25, 0.3) is 0 Å². The van der Waals surface area contributed by atoms with Crippen molar-refractivity contribution in [1.82, 2.24) is 0 Å². The molecule has 0 spiro atoms. The minimum Gasteiger partial charge on any atom is -0.493 e. The predicted molar refractivity (Wildman–Crippen MR) is 115 cm³/mol. The van der Waals surface area contributed by atoms with Crippen LogP contribution in [0.1, 0.15) is 25.0 Å². The van der Waals surface area contributed by atoms with Gasteiger partial charge in [0.2, 0.25) is 0 Å². The molecule has 2 aromatic rings. The van der Waals surface area contributed by atoms with Crippen molar-refractivity contribution >= 4 is 17.4 Å². The van der Waals surface area contributed by atoms with Crippen LogP contribution in [-0.2, 0) is 19.7 Å². The van der Waals surface area contributed by atoms with E-state index in [0.717, 1.165) is 22.5 Å². The Labute approximate surface area is 177 Å². The van der Waals surface area contributed by atoms with E-state index in [0.29, 0.717) is 11.5 Å². The standard InChI is InChI=1S/C24H27NO5/c1-16-10-11-20(21(12-16)28-5)29-15-23(27)30-14-17(26)13-22-24(2,3)18-8-6-7-9-19(18)25(22)4/h6-13H,14-15H2,1-5H3. The fourth-order valence-electron chi connectivity index (χ4n) is 3.68. The van der Waals surface area contributed by atoms with E-state index in [-0.39, 0.29) is 24.4 Å². The minimum absolute atomic E-state index is 0.279. The van der Waals surface area contributed by atoms with Crippen molar-refractivity contribution in [3.8, 4) is 11.5 Å². The molecule has 0 saturated heterocycles. The number of fused-ring (bicyclic) bond motifs is 1. The Hall–Kier alpha value is -3.28. The van der Waals surface area contributed by atoms with Gasteiger partial charge in [-0.15, -0.1) is 0 Å². The molecule has 3 rings (SSSR count). The molecule has 0 unspecified atom stereocenters. The Morgan fingerprint density at radius 1 is 1.07 bits per heavy atom. The summed E-state index contributed by atoms with van der Waals surface area (Å²) in [5.41, 5.74) is 3.80. The third-order valence-electron chi connectivity index (χ3n) is 5.28. The molecule has 0 fully saturated rings. The van der Waals surface area contributed by atoms with E-state index in [1.807, 2.05) is 49.2 Å². The monoisotopic (exact) mass is 409 g/mol. The van der Waals surface area contributed by atoms with E-state index in [2.05, 4.69) is 19.9 Å². The highest BCUT2D eigenvalue weighted by Crippen LogP contribution is 2.46. The lowest BCUT2D eigenvalue weighted by Gasteiger charge is -2.23. The number of carbonyl (C=O) groups is 2. The average Bonchev–Trinajstić information content (AvgIpc) is 2.92. The van der Waals surface area contributed by atoms with Gasteiger partial charge in [0, 0.05) is 29.9 Å². The maximum atomic E-state index is 12.5. The largest absolute Gasteiger partial charge is 0.493 e. The van der Waals surface area contributed by atoms with Gasteiger partial charge in [-0.05, 0) is 36.2 Å². The van der Waals surface area contributed by atoms with Crippen LogP contribution in [0.15, 0.2) is 54.2 Å². The summed E-state index contributed by atoms with van der Waals surface area (Å²) in [6, 6.07) is 13.5. The predicted octanol–water partition coefficient (Wildman–Crippen LogP) is 3.81. The highest BCUT2D eigenvalue weighted by molar-refractivity contribution is 5.94. The summed E-state index contributed by atoms with van der Waals surface area (Å²) in [6.07, 6.45) is 1.55. The number of hydrogen-bond acceptors (Lipinski definition) is 6. The van der Waals surface area contributed by atoms with Gasteiger partial charge in [-0.25, -0.2) is 4.79 Å². The Morgan fingerprint density at radius 3 is 2.50 bits per heavy atom. The van der Waals surface area contributed by atoms with E-state index in [4.69, 9.17) is 14.2 Å². The second-order valence-corrected chi connectivity index (χ2v) is 7.80. The van der Waals surface area contributed by atoms with Crippen molar-refractivity contribution < 1.29 is 23.8 Å². The van der Waals surface area contributed by atoms with Crippen LogP contribution in [0.5, 0.6) is 11.5 Å². The van der Waals surface area contributed by atoms with Crippen molar-refractivity contribution in [2.45, 2.75) is 26.2 Å². The maximum absolute atomic E-state index is 12.5. The normalized spacial score (nSPS) is 15.6. The number of para-hydroxylation sites is 1. The van der Waals surface area contributed by atoms with Crippen LogP contribution >= 0.6 is 0 Å². The number of allylic oxidation sites excluding steroid dienone is 1. The molecule has 0 saturated carbocycles. The molecule has 1 aliphatic heterocycles. The number of carbonyl (C=O) groups excluding carboxylic acids is 2. The lowest BCUT2D eigenvalue weighted by molar-refractivity contribution is -0.149. The molecule has 1 aliphatic rings. The quantitative estimate of drug-likeness (QED) is 0.512. The summed E-state index contributed by atoms with van der Waals surface area (Å²) in [4.78, 5) is 26.5. The fourth-order valence-corrected chi connectivity index (χ4v) is 3.68. The van der Waals surface area contributed by atoms with E-state index in [1.165, 1.54) is 7.11 Å². The molecule has 0 aliphatic carbocycles. The van der Waals surface area contributed by atoms with Gasteiger partial charge < -0.3 is 19.1 Å². The number of ether oxygens (including phenoxy) is 3. The summed E-state index contributed by atoms with van der Waals surface area (Å²) >= 11 is 0. The van der Waals surface area contributed by atoms with Gasteiger partial charge in [-0.3, -0.25) is 4.79 Å². The first-order valence-electron chi connectivity index (χ1n) is 9.75. The number of benzene rings is 2. The zero-order chi connectivity index (χ0) is 21.9. The number of methoxy groups -OCH3 is 1. The van der Waals surface area contributed by atoms with Crippen molar-refractivity contribution in [1.29, 1.82) is 0 Å². The van der Waals surface area contributed by atoms with Crippen LogP contribution in [-0.4, -0.2) is 39.1 Å². The smallest absolute Gasteiger partial charge is 0.344 e. The third kappa shape index (κ3) is 4.32. The summed E-state index contributed by atoms with van der Waals surface area (Å²) in [7, 11) is 3.47. The van der Waals surface area contributed by atoms with Crippen molar-refractivity contribution in [3.05, 3.63) is 65.4 Å². The van der Waals surface area contributed by atoms with E-state index < -0.39 is 5.97 Å². The van der Waals surface area contributed by atoms with Crippen LogP contribution in [0, 0.1) is 6.92 Å². The van der Waals surface area contributed by atoms with Gasteiger partial charge in [-0.2, -0.15) is 0 Å². The molecular formula is C24H27NO5. The number of esters is 1. The highest BCUT2D eigenvalue weighted by Gasteiger charge is 2.38. The molecule has 1 heterocycles. The Bertz CT molecular complexity index is 993. The Balaban J connectivity index is 1.58. The second-order valence-electron chi connectivity index (χ2n) is 7.80. The minimum atomic E-state index is -0.619. The number of hydrogen-bond donors (Lipinski definition) is 0. The molecule has 0 atom stereocenters. The van der Waals surface area contributed by atoms with E-state index >= 15 is 0 Å². The van der Waals surface area contributed by atoms with Crippen molar-refractivity contribution in [3.63, 3.8) is 0 Å². The van der Waals surface area contributed by atoms with E-state index in [9.17, 15) is 9.59 Å². The summed E-state index contributed by atoms with van der Waals surface area (Å²) in [5.74, 6) is 0.0842. The van der Waals surface area contributed by atoms with E-state index in [1.54, 1.807) is 12.1 Å². The molecule has 0 radical (unpaired) electrons. The van der Waals surface area contributed by atoms with Crippen molar-refractivity contribution in [2.75, 3.05) is 32.3 Å². The first kappa shape index (κ1) is 21.4. The molecule has 2 aromatic carbocycles. The zero-order valence-electron chi connectivity index (χ0n) is 18.0. The molecular weight excluding hydrogens is 382 g/mol. The van der Waals surface area contributed by atoms with Crippen LogP contribution in [0.4, 0.5) is 5.69 Å². The fraction of sp³-hybridized carbons (Fsp3) is 0.333. The maximum Gasteiger partial charge on any atom is 0.344 e. The number of ketones is 1. The number of aryl methyl sites for hydroxylation is 1. The summed E-state index contributed by atoms with van der Waals surface area (Å²) in [6.45, 7) is 5.44. The number of rotatable bonds is 7. The molecule has 0 N–H and O–H groups in total. The molecule has 6 nitrogen and oxygen atoms in total. The third-order valence-corrected chi connectivity index (χ3v) is 5.28. The van der Waals surface area contributed by atoms with Crippen LogP contribution in [0.2, 0.25) is 0 Å². The van der Waals surface area contributed by atoms with Gasteiger partial charge in [-0.1, -0.05) is 38.1 Å². The van der Waals surface area contributed by atoms with Gasteiger partial charge in [0.1, 0.15) is 0 Å². The number of anilines is 1. The first-order chi connectivity index (χ1) is 14.2. The molecule has 0 amide bonds. The highest BCUT2D eigenvalue weighted by atomic mass is 16.6. The van der Waals surface area contributed by atoms with Gasteiger partial charge in [0.15, 0.2) is 30.5 Å². The van der Waals surface area contributed by atoms with Crippen LogP contribution in [0.25, 0.3) is 0 Å². The van der Waals surface area contributed by atoms with Gasteiger partial charge in [0.05, 0.1) is 7.11 Å². The van der Waals surface area contributed by atoms with Crippen LogP contribution < -0.4 is 14.4 Å². The Kier molecular flexibility index (Phi) is 6.15. The average molecular weight is 409 g/mol.